The summed E-state index contributed by atoms with van der Waals surface area (Å²) in [7, 11) is 0. The fourth-order valence-electron chi connectivity index (χ4n) is 3.17. The number of carbonyl (C=O) groups excluding carboxylic acids is 1. The average Bonchev–Trinajstić information content (AvgIpc) is 3.02. The average molecular weight is 328 g/mol. The van der Waals surface area contributed by atoms with E-state index >= 15 is 0 Å². The third kappa shape index (κ3) is 4.21. The highest BCUT2D eigenvalue weighted by Crippen LogP contribution is 2.27. The molecule has 1 aromatic carbocycles. The Morgan fingerprint density at radius 1 is 1.35 bits per heavy atom. The first-order valence-corrected chi connectivity index (χ1v) is 9.21. The second-order valence-electron chi connectivity index (χ2n) is 6.26. The van der Waals surface area contributed by atoms with Crippen LogP contribution < -0.4 is 10.6 Å². The Labute approximate surface area is 142 Å². The van der Waals surface area contributed by atoms with Gasteiger partial charge in [0.15, 0.2) is 0 Å². The molecule has 4 heteroatoms. The summed E-state index contributed by atoms with van der Waals surface area (Å²) in [5, 5.41) is 8.74. The Balaban J connectivity index is 1.75. The summed E-state index contributed by atoms with van der Waals surface area (Å²) in [6.45, 7) is 3.95. The lowest BCUT2D eigenvalue weighted by molar-refractivity contribution is -0.126. The molecular formula is C19H24N2OS. The summed E-state index contributed by atoms with van der Waals surface area (Å²) in [5.41, 5.74) is 2.52. The van der Waals surface area contributed by atoms with Crippen molar-refractivity contribution in [1.29, 1.82) is 0 Å². The zero-order chi connectivity index (χ0) is 16.1. The van der Waals surface area contributed by atoms with E-state index in [-0.39, 0.29) is 17.9 Å². The van der Waals surface area contributed by atoms with Crippen LogP contribution in [0.3, 0.4) is 0 Å². The van der Waals surface area contributed by atoms with Gasteiger partial charge in [0.05, 0.1) is 12.0 Å². The topological polar surface area (TPSA) is 41.1 Å². The van der Waals surface area contributed by atoms with E-state index in [0.717, 1.165) is 32.4 Å². The Morgan fingerprint density at radius 3 is 2.83 bits per heavy atom. The molecule has 0 radical (unpaired) electrons. The minimum absolute atomic E-state index is 0.0619. The van der Waals surface area contributed by atoms with Gasteiger partial charge in [-0.25, -0.2) is 0 Å². The van der Waals surface area contributed by atoms with Crippen LogP contribution in [-0.2, 0) is 11.2 Å². The molecule has 1 fully saturated rings. The summed E-state index contributed by atoms with van der Waals surface area (Å²) in [4.78, 5) is 13.9. The highest BCUT2D eigenvalue weighted by molar-refractivity contribution is 7.10. The predicted octanol–water partition coefficient (Wildman–Crippen LogP) is 3.46. The third-order valence-corrected chi connectivity index (χ3v) is 5.62. The maximum atomic E-state index is 12.7. The van der Waals surface area contributed by atoms with Gasteiger partial charge in [0.1, 0.15) is 0 Å². The Morgan fingerprint density at radius 2 is 2.17 bits per heavy atom. The normalized spacial score (nSPS) is 19.3. The van der Waals surface area contributed by atoms with Crippen molar-refractivity contribution in [2.75, 3.05) is 13.1 Å². The standard InChI is InChI=1S/C19H24N2OS/c1-14-9-11-23-18(14)17(12-15-6-3-2-4-7-15)21-19(22)16-8-5-10-20-13-16/h2-4,6-7,9,11,16-17,20H,5,8,10,12-13H2,1H3,(H,21,22). The maximum absolute atomic E-state index is 12.7. The Hall–Kier alpha value is -1.65. The van der Waals surface area contributed by atoms with Crippen LogP contribution in [0, 0.1) is 12.8 Å². The van der Waals surface area contributed by atoms with Gasteiger partial charge in [0.25, 0.3) is 0 Å². The number of hydrogen-bond donors (Lipinski definition) is 2. The van der Waals surface area contributed by atoms with Crippen molar-refractivity contribution >= 4 is 17.2 Å². The molecular weight excluding hydrogens is 304 g/mol. The van der Waals surface area contributed by atoms with Crippen LogP contribution in [0.25, 0.3) is 0 Å². The van der Waals surface area contributed by atoms with E-state index in [0.29, 0.717) is 0 Å². The highest BCUT2D eigenvalue weighted by atomic mass is 32.1. The molecule has 3 rings (SSSR count). The first-order valence-electron chi connectivity index (χ1n) is 8.33. The molecule has 2 heterocycles. The molecule has 3 nitrogen and oxygen atoms in total. The van der Waals surface area contributed by atoms with Gasteiger partial charge in [0.2, 0.25) is 5.91 Å². The molecule has 1 aliphatic rings. The van der Waals surface area contributed by atoms with E-state index in [2.05, 4.69) is 53.3 Å². The lowest BCUT2D eigenvalue weighted by Gasteiger charge is -2.25. The second-order valence-corrected chi connectivity index (χ2v) is 7.21. The smallest absolute Gasteiger partial charge is 0.224 e. The first-order chi connectivity index (χ1) is 11.2. The van der Waals surface area contributed by atoms with E-state index in [9.17, 15) is 4.79 Å². The van der Waals surface area contributed by atoms with Gasteiger partial charge in [-0.15, -0.1) is 11.3 Å². The minimum Gasteiger partial charge on any atom is -0.348 e. The van der Waals surface area contributed by atoms with Gasteiger partial charge in [-0.2, -0.15) is 0 Å². The lowest BCUT2D eigenvalue weighted by Crippen LogP contribution is -2.42. The summed E-state index contributed by atoms with van der Waals surface area (Å²) in [6.07, 6.45) is 2.91. The van der Waals surface area contributed by atoms with Gasteiger partial charge in [-0.05, 0) is 55.3 Å². The van der Waals surface area contributed by atoms with Crippen molar-refractivity contribution in [2.24, 2.45) is 5.92 Å². The van der Waals surface area contributed by atoms with Crippen LogP contribution in [0.15, 0.2) is 41.8 Å². The minimum atomic E-state index is 0.0619. The molecule has 2 aromatic rings. The Kier molecular flexibility index (Phi) is 5.47. The van der Waals surface area contributed by atoms with Gasteiger partial charge in [0, 0.05) is 11.4 Å². The zero-order valence-corrected chi connectivity index (χ0v) is 14.4. The SMILES string of the molecule is Cc1ccsc1C(Cc1ccccc1)NC(=O)C1CCCNC1. The fourth-order valence-corrected chi connectivity index (χ4v) is 4.14. The number of benzene rings is 1. The number of aryl methyl sites for hydroxylation is 1. The summed E-state index contributed by atoms with van der Waals surface area (Å²) in [5.74, 6) is 0.285. The van der Waals surface area contributed by atoms with E-state index in [1.807, 2.05) is 6.07 Å². The van der Waals surface area contributed by atoms with Crippen molar-refractivity contribution in [1.82, 2.24) is 10.6 Å². The van der Waals surface area contributed by atoms with Crippen LogP contribution in [0.5, 0.6) is 0 Å². The van der Waals surface area contributed by atoms with Gasteiger partial charge in [-0.3, -0.25) is 4.79 Å². The van der Waals surface area contributed by atoms with Gasteiger partial charge in [-0.1, -0.05) is 30.3 Å². The number of amides is 1. The molecule has 0 aliphatic carbocycles. The van der Waals surface area contributed by atoms with E-state index in [4.69, 9.17) is 0 Å². The summed E-state index contributed by atoms with van der Waals surface area (Å²) in [6, 6.07) is 12.6. The van der Waals surface area contributed by atoms with Crippen LogP contribution in [0.4, 0.5) is 0 Å². The number of piperidine rings is 1. The van der Waals surface area contributed by atoms with Crippen molar-refractivity contribution in [3.8, 4) is 0 Å². The molecule has 23 heavy (non-hydrogen) atoms. The number of carbonyl (C=O) groups is 1. The van der Waals surface area contributed by atoms with Crippen LogP contribution in [-0.4, -0.2) is 19.0 Å². The largest absolute Gasteiger partial charge is 0.348 e. The highest BCUT2D eigenvalue weighted by Gasteiger charge is 2.25. The first kappa shape index (κ1) is 16.2. The van der Waals surface area contributed by atoms with Crippen molar-refractivity contribution in [3.63, 3.8) is 0 Å². The maximum Gasteiger partial charge on any atom is 0.224 e. The second kappa shape index (κ2) is 7.75. The zero-order valence-electron chi connectivity index (χ0n) is 13.5. The molecule has 2 N–H and O–H groups in total. The molecule has 122 valence electrons. The third-order valence-electron chi connectivity index (χ3n) is 4.49. The molecule has 1 aliphatic heterocycles. The van der Waals surface area contributed by atoms with Crippen molar-refractivity contribution < 1.29 is 4.79 Å². The predicted molar refractivity (Wildman–Crippen MR) is 95.7 cm³/mol. The van der Waals surface area contributed by atoms with Gasteiger partial charge < -0.3 is 10.6 Å². The van der Waals surface area contributed by atoms with Crippen molar-refractivity contribution in [3.05, 3.63) is 57.8 Å². The molecule has 2 atom stereocenters. The van der Waals surface area contributed by atoms with Crippen molar-refractivity contribution in [2.45, 2.75) is 32.2 Å². The van der Waals surface area contributed by atoms with Crippen LogP contribution >= 0.6 is 11.3 Å². The monoisotopic (exact) mass is 328 g/mol. The summed E-state index contributed by atoms with van der Waals surface area (Å²) >= 11 is 1.74. The molecule has 1 aromatic heterocycles. The van der Waals surface area contributed by atoms with E-state index in [1.54, 1.807) is 11.3 Å². The molecule has 0 spiro atoms. The van der Waals surface area contributed by atoms with E-state index < -0.39 is 0 Å². The molecule has 1 saturated heterocycles. The number of nitrogens with one attached hydrogen (secondary N) is 2. The number of hydrogen-bond acceptors (Lipinski definition) is 3. The molecule has 0 saturated carbocycles. The summed E-state index contributed by atoms with van der Waals surface area (Å²) < 4.78 is 0. The fraction of sp³-hybridized carbons (Fsp3) is 0.421. The quantitative estimate of drug-likeness (QED) is 0.882. The number of rotatable bonds is 5. The van der Waals surface area contributed by atoms with Gasteiger partial charge >= 0.3 is 0 Å². The molecule has 0 bridgehead atoms. The Bertz CT molecular complexity index is 632. The molecule has 2 unspecified atom stereocenters. The van der Waals surface area contributed by atoms with Crippen LogP contribution in [0.2, 0.25) is 0 Å². The van der Waals surface area contributed by atoms with E-state index in [1.165, 1.54) is 16.0 Å². The number of thiophene rings is 1. The lowest BCUT2D eigenvalue weighted by atomic mass is 9.97. The molecule has 1 amide bonds. The van der Waals surface area contributed by atoms with Crippen LogP contribution in [0.1, 0.15) is 34.9 Å².